The lowest BCUT2D eigenvalue weighted by Crippen LogP contribution is -2.41. The second kappa shape index (κ2) is 7.54. The molecule has 0 saturated heterocycles. The molecular formula is C15H16Cl2N2O3S3. The number of hydrogen-bond acceptors (Lipinski definition) is 5. The van der Waals surface area contributed by atoms with Crippen molar-refractivity contribution < 1.29 is 13.2 Å². The molecule has 1 amide bonds. The van der Waals surface area contributed by atoms with Gasteiger partial charge in [-0.3, -0.25) is 10.2 Å². The highest BCUT2D eigenvalue weighted by molar-refractivity contribution is 7.89. The van der Waals surface area contributed by atoms with E-state index in [0.29, 0.717) is 10.8 Å². The third-order valence-electron chi connectivity index (χ3n) is 4.20. The molecule has 2 aromatic rings. The number of amides is 1. The largest absolute Gasteiger partial charge is 0.276 e. The van der Waals surface area contributed by atoms with Crippen molar-refractivity contribution >= 4 is 61.8 Å². The molecule has 2 N–H and O–H groups in total. The first-order valence-corrected chi connectivity index (χ1v) is 11.6. The molecule has 1 atom stereocenters. The Kier molecular flexibility index (Phi) is 5.77. The number of halogens is 2. The van der Waals surface area contributed by atoms with Crippen LogP contribution in [-0.4, -0.2) is 14.3 Å². The molecule has 2 heterocycles. The van der Waals surface area contributed by atoms with Gasteiger partial charge in [0.1, 0.15) is 9.23 Å². The molecule has 25 heavy (non-hydrogen) atoms. The van der Waals surface area contributed by atoms with Gasteiger partial charge in [0.05, 0.1) is 9.21 Å². The van der Waals surface area contributed by atoms with E-state index in [0.717, 1.165) is 37.0 Å². The molecule has 3 rings (SSSR count). The number of aryl methyl sites for hydroxylation is 1. The number of hydrazine groups is 1. The summed E-state index contributed by atoms with van der Waals surface area (Å²) in [5, 5.41) is 0. The second-order valence-electron chi connectivity index (χ2n) is 5.82. The summed E-state index contributed by atoms with van der Waals surface area (Å²) in [5.74, 6) is 0.176. The van der Waals surface area contributed by atoms with Gasteiger partial charge in [-0.2, -0.15) is 0 Å². The van der Waals surface area contributed by atoms with Crippen LogP contribution in [0.1, 0.15) is 39.9 Å². The molecule has 1 unspecified atom stereocenters. The Labute approximate surface area is 164 Å². The Morgan fingerprint density at radius 2 is 2.08 bits per heavy atom. The maximum atomic E-state index is 12.3. The Hall–Kier alpha value is -0.640. The molecule has 0 fully saturated rings. The molecule has 136 valence electrons. The summed E-state index contributed by atoms with van der Waals surface area (Å²) in [6.07, 6.45) is 4.21. The number of nitrogens with one attached hydrogen (secondary N) is 2. The van der Waals surface area contributed by atoms with Crippen LogP contribution in [0.4, 0.5) is 0 Å². The standard InChI is InChI=1S/C15H16Cl2N2O3S3/c1-2-8-3-4-10-9(5-8)6-11(23-10)15(20)18-19-25(21,22)12-7-13(16)24-14(12)17/h6-8,19H,2-5H2,1H3,(H,18,20). The summed E-state index contributed by atoms with van der Waals surface area (Å²) in [5.41, 5.74) is 3.44. The van der Waals surface area contributed by atoms with Gasteiger partial charge in [0.25, 0.3) is 15.9 Å². The third kappa shape index (κ3) is 4.20. The predicted molar refractivity (Wildman–Crippen MR) is 102 cm³/mol. The second-order valence-corrected chi connectivity index (χ2v) is 10.9. The molecule has 0 spiro atoms. The lowest BCUT2D eigenvalue weighted by molar-refractivity contribution is 0.0949. The van der Waals surface area contributed by atoms with Gasteiger partial charge >= 0.3 is 0 Å². The van der Waals surface area contributed by atoms with Crippen LogP contribution in [0, 0.1) is 5.92 Å². The van der Waals surface area contributed by atoms with Crippen molar-refractivity contribution in [2.24, 2.45) is 5.92 Å². The van der Waals surface area contributed by atoms with Crippen LogP contribution in [0.15, 0.2) is 17.0 Å². The Balaban J connectivity index is 1.69. The molecular weight excluding hydrogens is 423 g/mol. The zero-order valence-corrected chi connectivity index (χ0v) is 17.2. The Morgan fingerprint density at radius 3 is 2.72 bits per heavy atom. The summed E-state index contributed by atoms with van der Waals surface area (Å²) in [6, 6.07) is 3.11. The lowest BCUT2D eigenvalue weighted by atomic mass is 9.87. The van der Waals surface area contributed by atoms with Gasteiger partial charge in [0.15, 0.2) is 0 Å². The number of rotatable bonds is 5. The maximum absolute atomic E-state index is 12.3. The minimum absolute atomic E-state index is 0.0453. The van der Waals surface area contributed by atoms with Crippen LogP contribution in [0.2, 0.25) is 8.67 Å². The van der Waals surface area contributed by atoms with E-state index >= 15 is 0 Å². The quantitative estimate of drug-likeness (QED) is 0.684. The van der Waals surface area contributed by atoms with Gasteiger partial charge in [-0.05, 0) is 42.9 Å². The summed E-state index contributed by atoms with van der Waals surface area (Å²) >= 11 is 14.0. The van der Waals surface area contributed by atoms with Gasteiger partial charge in [-0.15, -0.1) is 27.5 Å². The number of hydrogen-bond donors (Lipinski definition) is 2. The molecule has 2 aromatic heterocycles. The van der Waals surface area contributed by atoms with E-state index < -0.39 is 15.9 Å². The minimum atomic E-state index is -3.97. The van der Waals surface area contributed by atoms with Gasteiger partial charge in [0.2, 0.25) is 0 Å². The SMILES string of the molecule is CCC1CCc2sc(C(=O)NNS(=O)(=O)c3cc(Cl)sc3Cl)cc2C1. The Bertz CT molecular complexity index is 905. The van der Waals surface area contributed by atoms with Crippen LogP contribution >= 0.6 is 45.9 Å². The number of fused-ring (bicyclic) bond motifs is 1. The highest BCUT2D eigenvalue weighted by Crippen LogP contribution is 2.35. The van der Waals surface area contributed by atoms with Gasteiger partial charge in [-0.25, -0.2) is 8.42 Å². The highest BCUT2D eigenvalue weighted by Gasteiger charge is 2.24. The van der Waals surface area contributed by atoms with Gasteiger partial charge < -0.3 is 0 Å². The topological polar surface area (TPSA) is 75.3 Å². The number of sulfonamides is 1. The van der Waals surface area contributed by atoms with Crippen molar-refractivity contribution in [3.05, 3.63) is 36.1 Å². The zero-order valence-electron chi connectivity index (χ0n) is 13.3. The van der Waals surface area contributed by atoms with E-state index in [1.165, 1.54) is 27.8 Å². The normalized spacial score (nSPS) is 17.3. The summed E-state index contributed by atoms with van der Waals surface area (Å²) in [6.45, 7) is 2.17. The molecule has 5 nitrogen and oxygen atoms in total. The molecule has 0 radical (unpaired) electrons. The minimum Gasteiger partial charge on any atom is -0.273 e. The van der Waals surface area contributed by atoms with E-state index in [1.54, 1.807) is 0 Å². The number of thiophene rings is 2. The van der Waals surface area contributed by atoms with Crippen LogP contribution in [0.5, 0.6) is 0 Å². The molecule has 0 aromatic carbocycles. The zero-order chi connectivity index (χ0) is 18.2. The molecule has 0 bridgehead atoms. The molecule has 0 saturated carbocycles. The maximum Gasteiger partial charge on any atom is 0.276 e. The van der Waals surface area contributed by atoms with Crippen molar-refractivity contribution in [3.8, 4) is 0 Å². The number of carbonyl (C=O) groups is 1. The molecule has 1 aliphatic rings. The fraction of sp³-hybridized carbons (Fsp3) is 0.400. The van der Waals surface area contributed by atoms with Crippen molar-refractivity contribution in [3.63, 3.8) is 0 Å². The van der Waals surface area contributed by atoms with Crippen LogP contribution < -0.4 is 10.3 Å². The van der Waals surface area contributed by atoms with E-state index in [2.05, 4.69) is 17.2 Å². The first kappa shape index (κ1) is 19.1. The fourth-order valence-electron chi connectivity index (χ4n) is 2.80. The van der Waals surface area contributed by atoms with E-state index in [-0.39, 0.29) is 13.6 Å². The lowest BCUT2D eigenvalue weighted by Gasteiger charge is -2.19. The highest BCUT2D eigenvalue weighted by atomic mass is 35.5. The van der Waals surface area contributed by atoms with Crippen molar-refractivity contribution in [1.29, 1.82) is 0 Å². The summed E-state index contributed by atoms with van der Waals surface area (Å²) < 4.78 is 24.7. The van der Waals surface area contributed by atoms with Crippen molar-refractivity contribution in [2.45, 2.75) is 37.5 Å². The summed E-state index contributed by atoms with van der Waals surface area (Å²) in [4.78, 5) is 15.9. The average Bonchev–Trinajstić information content (AvgIpc) is 3.14. The van der Waals surface area contributed by atoms with Gasteiger partial charge in [0, 0.05) is 4.88 Å². The first-order chi connectivity index (χ1) is 11.8. The number of carbonyl (C=O) groups excluding carboxylic acids is 1. The predicted octanol–water partition coefficient (Wildman–Crippen LogP) is 4.25. The summed E-state index contributed by atoms with van der Waals surface area (Å²) in [7, 11) is -3.97. The van der Waals surface area contributed by atoms with Crippen LogP contribution in [0.3, 0.4) is 0 Å². The van der Waals surface area contributed by atoms with E-state index in [4.69, 9.17) is 23.2 Å². The molecule has 1 aliphatic carbocycles. The van der Waals surface area contributed by atoms with E-state index in [1.807, 2.05) is 6.07 Å². The smallest absolute Gasteiger partial charge is 0.273 e. The van der Waals surface area contributed by atoms with E-state index in [9.17, 15) is 13.2 Å². The van der Waals surface area contributed by atoms with Crippen LogP contribution in [-0.2, 0) is 22.9 Å². The molecule has 0 aliphatic heterocycles. The van der Waals surface area contributed by atoms with Crippen molar-refractivity contribution in [1.82, 2.24) is 10.3 Å². The average molecular weight is 439 g/mol. The molecule has 10 heteroatoms. The van der Waals surface area contributed by atoms with Crippen LogP contribution in [0.25, 0.3) is 0 Å². The third-order valence-corrected chi connectivity index (χ3v) is 8.44. The Morgan fingerprint density at radius 1 is 1.32 bits per heavy atom. The first-order valence-electron chi connectivity index (χ1n) is 7.68. The fourth-order valence-corrected chi connectivity index (χ4v) is 6.89. The van der Waals surface area contributed by atoms with Gasteiger partial charge in [-0.1, -0.05) is 36.5 Å². The van der Waals surface area contributed by atoms with Crippen molar-refractivity contribution in [2.75, 3.05) is 0 Å². The monoisotopic (exact) mass is 438 g/mol.